The van der Waals surface area contributed by atoms with E-state index in [2.05, 4.69) is 21.0 Å². The number of sulfonamides is 1. The maximum Gasteiger partial charge on any atom is 0.261 e. The molecular weight excluding hydrogens is 434 g/mol. The number of benzene rings is 3. The summed E-state index contributed by atoms with van der Waals surface area (Å²) >= 11 is 0. The molecule has 1 amide bonds. The molecule has 7 heteroatoms. The molecule has 0 radical (unpaired) electrons. The molecule has 0 saturated carbocycles. The molecule has 1 fully saturated rings. The number of hydrogen-bond donors (Lipinski definition) is 2. The van der Waals surface area contributed by atoms with E-state index in [1.807, 2.05) is 37.3 Å². The summed E-state index contributed by atoms with van der Waals surface area (Å²) in [7, 11) is -3.80. The summed E-state index contributed by atoms with van der Waals surface area (Å²) in [6.07, 6.45) is 2.47. The number of likely N-dealkylation sites (tertiary alicyclic amines) is 1. The second-order valence-corrected chi connectivity index (χ2v) is 10.1. The normalized spacial score (nSPS) is 14.2. The minimum Gasteiger partial charge on any atom is -0.348 e. The fourth-order valence-corrected chi connectivity index (χ4v) is 5.09. The van der Waals surface area contributed by atoms with Gasteiger partial charge in [-0.1, -0.05) is 48.0 Å². The predicted octanol–water partition coefficient (Wildman–Crippen LogP) is 4.32. The van der Waals surface area contributed by atoms with E-state index in [0.717, 1.165) is 30.8 Å². The molecule has 0 atom stereocenters. The minimum atomic E-state index is -3.80. The van der Waals surface area contributed by atoms with Crippen molar-refractivity contribution in [1.29, 1.82) is 0 Å². The second-order valence-electron chi connectivity index (χ2n) is 8.43. The maximum atomic E-state index is 12.8. The zero-order valence-electron chi connectivity index (χ0n) is 18.8. The first-order chi connectivity index (χ1) is 15.9. The Balaban J connectivity index is 1.43. The van der Waals surface area contributed by atoms with Crippen molar-refractivity contribution in [2.24, 2.45) is 0 Å². The highest BCUT2D eigenvalue weighted by Gasteiger charge is 2.17. The van der Waals surface area contributed by atoms with Crippen molar-refractivity contribution in [3.8, 4) is 0 Å². The van der Waals surface area contributed by atoms with Gasteiger partial charge < -0.3 is 5.32 Å². The monoisotopic (exact) mass is 463 g/mol. The molecule has 6 nitrogen and oxygen atoms in total. The lowest BCUT2D eigenvalue weighted by atomic mass is 10.1. The van der Waals surface area contributed by atoms with Gasteiger partial charge in [0.15, 0.2) is 0 Å². The first-order valence-electron chi connectivity index (χ1n) is 11.2. The first-order valence-corrected chi connectivity index (χ1v) is 12.7. The number of hydrogen-bond acceptors (Lipinski definition) is 4. The van der Waals surface area contributed by atoms with Gasteiger partial charge in [0, 0.05) is 24.3 Å². The van der Waals surface area contributed by atoms with Gasteiger partial charge in [0.25, 0.3) is 15.9 Å². The van der Waals surface area contributed by atoms with Crippen molar-refractivity contribution in [3.05, 3.63) is 95.1 Å². The average Bonchev–Trinajstić information content (AvgIpc) is 3.33. The Morgan fingerprint density at radius 3 is 2.33 bits per heavy atom. The number of carbonyl (C=O) groups excluding carboxylic acids is 1. The van der Waals surface area contributed by atoms with Crippen LogP contribution in [0.4, 0.5) is 5.69 Å². The Morgan fingerprint density at radius 2 is 1.61 bits per heavy atom. The van der Waals surface area contributed by atoms with E-state index in [9.17, 15) is 13.2 Å². The Morgan fingerprint density at radius 1 is 0.909 bits per heavy atom. The van der Waals surface area contributed by atoms with Crippen molar-refractivity contribution in [1.82, 2.24) is 10.2 Å². The van der Waals surface area contributed by atoms with Gasteiger partial charge in [-0.15, -0.1) is 0 Å². The van der Waals surface area contributed by atoms with Gasteiger partial charge in [-0.3, -0.25) is 14.4 Å². The molecule has 0 aromatic heterocycles. The summed E-state index contributed by atoms with van der Waals surface area (Å²) in [5.41, 5.74) is 4.10. The van der Waals surface area contributed by atoms with Crippen LogP contribution in [0.3, 0.4) is 0 Å². The van der Waals surface area contributed by atoms with Crippen LogP contribution in [-0.4, -0.2) is 32.3 Å². The van der Waals surface area contributed by atoms with Gasteiger partial charge in [-0.05, 0) is 74.3 Å². The smallest absolute Gasteiger partial charge is 0.261 e. The third-order valence-corrected chi connectivity index (χ3v) is 7.24. The van der Waals surface area contributed by atoms with E-state index >= 15 is 0 Å². The number of nitrogens with zero attached hydrogens (tertiary/aromatic N) is 1. The molecule has 3 aromatic carbocycles. The van der Waals surface area contributed by atoms with Gasteiger partial charge in [0.1, 0.15) is 0 Å². The Kier molecular flexibility index (Phi) is 7.11. The van der Waals surface area contributed by atoms with Crippen molar-refractivity contribution < 1.29 is 13.2 Å². The Bertz CT molecular complexity index is 1220. The van der Waals surface area contributed by atoms with Gasteiger partial charge in [0.2, 0.25) is 0 Å². The molecule has 33 heavy (non-hydrogen) atoms. The van der Waals surface area contributed by atoms with Crippen LogP contribution in [0.5, 0.6) is 0 Å². The predicted molar refractivity (Wildman–Crippen MR) is 131 cm³/mol. The van der Waals surface area contributed by atoms with Crippen LogP contribution >= 0.6 is 0 Å². The summed E-state index contributed by atoms with van der Waals surface area (Å²) in [5.74, 6) is -0.307. The number of anilines is 1. The summed E-state index contributed by atoms with van der Waals surface area (Å²) in [6.45, 7) is 5.42. The first kappa shape index (κ1) is 23.0. The topological polar surface area (TPSA) is 78.5 Å². The van der Waals surface area contributed by atoms with Crippen LogP contribution in [0.15, 0.2) is 77.7 Å². The largest absolute Gasteiger partial charge is 0.348 e. The lowest BCUT2D eigenvalue weighted by Gasteiger charge is -2.18. The quantitative estimate of drug-likeness (QED) is 0.521. The van der Waals surface area contributed by atoms with E-state index in [0.29, 0.717) is 17.8 Å². The van der Waals surface area contributed by atoms with Crippen LogP contribution in [0.2, 0.25) is 0 Å². The highest BCUT2D eigenvalue weighted by atomic mass is 32.2. The molecule has 4 rings (SSSR count). The zero-order chi connectivity index (χ0) is 23.3. The van der Waals surface area contributed by atoms with Crippen LogP contribution in [0.25, 0.3) is 0 Å². The molecule has 0 spiro atoms. The second kappa shape index (κ2) is 10.2. The van der Waals surface area contributed by atoms with Crippen LogP contribution < -0.4 is 10.0 Å². The highest BCUT2D eigenvalue weighted by molar-refractivity contribution is 7.92. The van der Waals surface area contributed by atoms with Gasteiger partial charge in [-0.25, -0.2) is 8.42 Å². The lowest BCUT2D eigenvalue weighted by molar-refractivity contribution is 0.0950. The average molecular weight is 464 g/mol. The fraction of sp³-hybridized carbons (Fsp3) is 0.269. The maximum absolute atomic E-state index is 12.8. The molecule has 2 N–H and O–H groups in total. The minimum absolute atomic E-state index is 0.0464. The number of rotatable bonds is 8. The summed E-state index contributed by atoms with van der Waals surface area (Å²) in [6, 6.07) is 21.3. The fourth-order valence-electron chi connectivity index (χ4n) is 3.98. The Hall–Kier alpha value is -3.16. The Labute approximate surface area is 195 Å². The van der Waals surface area contributed by atoms with Crippen LogP contribution in [-0.2, 0) is 23.1 Å². The zero-order valence-corrected chi connectivity index (χ0v) is 19.6. The molecule has 1 saturated heterocycles. The summed E-state index contributed by atoms with van der Waals surface area (Å²) < 4.78 is 28.2. The number of carbonyl (C=O) groups is 1. The van der Waals surface area contributed by atoms with Crippen LogP contribution in [0, 0.1) is 6.92 Å². The van der Waals surface area contributed by atoms with Crippen molar-refractivity contribution in [2.75, 3.05) is 17.8 Å². The molecule has 3 aromatic rings. The van der Waals surface area contributed by atoms with E-state index in [-0.39, 0.29) is 10.8 Å². The number of aryl methyl sites for hydroxylation is 1. The van der Waals surface area contributed by atoms with Gasteiger partial charge >= 0.3 is 0 Å². The van der Waals surface area contributed by atoms with E-state index < -0.39 is 10.0 Å². The summed E-state index contributed by atoms with van der Waals surface area (Å²) in [5, 5.41) is 2.94. The van der Waals surface area contributed by atoms with Crippen LogP contribution in [0.1, 0.15) is 39.9 Å². The van der Waals surface area contributed by atoms with Gasteiger partial charge in [-0.2, -0.15) is 0 Å². The molecule has 0 unspecified atom stereocenters. The molecule has 1 aliphatic rings. The molecule has 0 aliphatic carbocycles. The third kappa shape index (κ3) is 6.00. The highest BCUT2D eigenvalue weighted by Crippen LogP contribution is 2.19. The third-order valence-electron chi connectivity index (χ3n) is 5.86. The van der Waals surface area contributed by atoms with Crippen molar-refractivity contribution in [2.45, 2.75) is 37.8 Å². The van der Waals surface area contributed by atoms with E-state index in [4.69, 9.17) is 0 Å². The summed E-state index contributed by atoms with van der Waals surface area (Å²) in [4.78, 5) is 15.3. The lowest BCUT2D eigenvalue weighted by Crippen LogP contribution is -2.25. The number of amides is 1. The van der Waals surface area contributed by atoms with Gasteiger partial charge in [0.05, 0.1) is 4.90 Å². The van der Waals surface area contributed by atoms with E-state index in [1.165, 1.54) is 30.5 Å². The molecule has 0 bridgehead atoms. The number of nitrogens with one attached hydrogen (secondary N) is 2. The molecule has 172 valence electrons. The van der Waals surface area contributed by atoms with Crippen molar-refractivity contribution >= 4 is 21.6 Å². The van der Waals surface area contributed by atoms with E-state index in [1.54, 1.807) is 24.3 Å². The van der Waals surface area contributed by atoms with Crippen molar-refractivity contribution in [3.63, 3.8) is 0 Å². The molecule has 1 aliphatic heterocycles. The molecular formula is C26H29N3O3S. The standard InChI is InChI=1S/C26H29N3O3S/c1-20-11-13-24(14-12-20)28-33(31,32)25-10-6-9-21(17-25)26(30)27-18-22-7-2-3-8-23(22)19-29-15-4-5-16-29/h2-3,6-14,17,28H,4-5,15-16,18-19H2,1H3,(H,27,30). The SMILES string of the molecule is Cc1ccc(NS(=O)(=O)c2cccc(C(=O)NCc3ccccc3CN3CCCC3)c2)cc1. The molecule has 1 heterocycles.